The van der Waals surface area contributed by atoms with E-state index in [1.807, 2.05) is 6.07 Å². The molecule has 6 heteroatoms. The Kier molecular flexibility index (Phi) is 5.27. The summed E-state index contributed by atoms with van der Waals surface area (Å²) in [6.07, 6.45) is 0.135. The number of aliphatic carboxylic acids is 1. The molecule has 0 aliphatic heterocycles. The molecule has 0 spiro atoms. The van der Waals surface area contributed by atoms with Gasteiger partial charge in [0.1, 0.15) is 11.9 Å². The van der Waals surface area contributed by atoms with Crippen molar-refractivity contribution < 1.29 is 19.1 Å². The molecule has 4 nitrogen and oxygen atoms in total. The third kappa shape index (κ3) is 4.39. The fourth-order valence-corrected chi connectivity index (χ4v) is 2.42. The number of benzene rings is 2. The summed E-state index contributed by atoms with van der Waals surface area (Å²) in [4.78, 5) is 23.3. The summed E-state index contributed by atoms with van der Waals surface area (Å²) in [5.41, 5.74) is 0.849. The molecule has 0 aliphatic rings. The van der Waals surface area contributed by atoms with Gasteiger partial charge in [-0.05, 0) is 35.9 Å². The lowest BCUT2D eigenvalue weighted by Gasteiger charge is -2.15. The molecule has 0 saturated carbocycles. The third-order valence-electron chi connectivity index (χ3n) is 3.02. The van der Waals surface area contributed by atoms with Gasteiger partial charge in [-0.15, -0.1) is 0 Å². The molecular weight excluding hydrogens is 353 g/mol. The average Bonchev–Trinajstić information content (AvgIpc) is 2.46. The molecule has 1 amide bonds. The number of carbonyl (C=O) groups excluding carboxylic acids is 1. The smallest absolute Gasteiger partial charge is 0.326 e. The highest BCUT2D eigenvalue weighted by atomic mass is 79.9. The van der Waals surface area contributed by atoms with Gasteiger partial charge in [-0.1, -0.05) is 34.1 Å². The second-order valence-corrected chi connectivity index (χ2v) is 5.62. The fourth-order valence-electron chi connectivity index (χ4n) is 1.97. The lowest BCUT2D eigenvalue weighted by atomic mass is 10.1. The van der Waals surface area contributed by atoms with Crippen molar-refractivity contribution in [2.75, 3.05) is 0 Å². The zero-order valence-electron chi connectivity index (χ0n) is 11.4. The Morgan fingerprint density at radius 2 is 1.91 bits per heavy atom. The van der Waals surface area contributed by atoms with Crippen LogP contribution in [0.4, 0.5) is 4.39 Å². The van der Waals surface area contributed by atoms with Crippen molar-refractivity contribution in [3.8, 4) is 0 Å². The molecule has 2 aromatic rings. The molecule has 2 aromatic carbocycles. The Labute approximate surface area is 135 Å². The number of amides is 1. The molecule has 0 heterocycles. The number of halogens is 2. The van der Waals surface area contributed by atoms with Gasteiger partial charge in [0, 0.05) is 16.5 Å². The van der Waals surface area contributed by atoms with Crippen molar-refractivity contribution in [1.82, 2.24) is 5.32 Å². The van der Waals surface area contributed by atoms with E-state index in [1.165, 1.54) is 18.2 Å². The first-order valence-corrected chi connectivity index (χ1v) is 7.28. The normalized spacial score (nSPS) is 11.7. The predicted molar refractivity (Wildman–Crippen MR) is 83.1 cm³/mol. The molecule has 0 fully saturated rings. The van der Waals surface area contributed by atoms with Gasteiger partial charge < -0.3 is 10.4 Å². The van der Waals surface area contributed by atoms with Crippen LogP contribution in [0, 0.1) is 5.82 Å². The summed E-state index contributed by atoms with van der Waals surface area (Å²) in [6, 6.07) is 11.2. The van der Waals surface area contributed by atoms with Crippen molar-refractivity contribution in [2.24, 2.45) is 0 Å². The monoisotopic (exact) mass is 365 g/mol. The van der Waals surface area contributed by atoms with Crippen LogP contribution < -0.4 is 5.32 Å². The van der Waals surface area contributed by atoms with Crippen LogP contribution in [-0.2, 0) is 11.2 Å². The largest absolute Gasteiger partial charge is 0.480 e. The fraction of sp³-hybridized carbons (Fsp3) is 0.125. The van der Waals surface area contributed by atoms with Crippen LogP contribution >= 0.6 is 15.9 Å². The Morgan fingerprint density at radius 1 is 1.18 bits per heavy atom. The van der Waals surface area contributed by atoms with Crippen LogP contribution in [0.1, 0.15) is 15.9 Å². The number of hydrogen-bond acceptors (Lipinski definition) is 2. The summed E-state index contributed by atoms with van der Waals surface area (Å²) >= 11 is 3.31. The van der Waals surface area contributed by atoms with Crippen molar-refractivity contribution in [3.63, 3.8) is 0 Å². The molecule has 0 radical (unpaired) electrons. The van der Waals surface area contributed by atoms with Gasteiger partial charge in [-0.3, -0.25) is 4.79 Å². The van der Waals surface area contributed by atoms with E-state index in [9.17, 15) is 19.1 Å². The first kappa shape index (κ1) is 16.2. The summed E-state index contributed by atoms with van der Waals surface area (Å²) < 4.78 is 13.9. The second kappa shape index (κ2) is 7.17. The van der Waals surface area contributed by atoms with E-state index in [0.717, 1.165) is 16.1 Å². The van der Waals surface area contributed by atoms with Crippen LogP contribution in [0.2, 0.25) is 0 Å². The van der Waals surface area contributed by atoms with Gasteiger partial charge in [0.2, 0.25) is 0 Å². The molecule has 0 saturated heterocycles. The molecule has 22 heavy (non-hydrogen) atoms. The van der Waals surface area contributed by atoms with E-state index in [1.54, 1.807) is 18.2 Å². The number of hydrogen-bond donors (Lipinski definition) is 2. The quantitative estimate of drug-likeness (QED) is 0.855. The Bertz CT molecular complexity index is 705. The van der Waals surface area contributed by atoms with Crippen LogP contribution in [-0.4, -0.2) is 23.0 Å². The van der Waals surface area contributed by atoms with Gasteiger partial charge in [0.15, 0.2) is 0 Å². The molecule has 0 bridgehead atoms. The maximum Gasteiger partial charge on any atom is 0.326 e. The van der Waals surface area contributed by atoms with Crippen molar-refractivity contribution >= 4 is 27.8 Å². The number of carboxylic acid groups (broad SMARTS) is 1. The van der Waals surface area contributed by atoms with E-state index >= 15 is 0 Å². The highest BCUT2D eigenvalue weighted by Gasteiger charge is 2.21. The predicted octanol–water partition coefficient (Wildman–Crippen LogP) is 3.01. The molecular formula is C16H13BrFNO3. The number of carbonyl (C=O) groups is 2. The molecule has 1 atom stereocenters. The molecule has 0 aliphatic carbocycles. The third-order valence-corrected chi connectivity index (χ3v) is 3.51. The highest BCUT2D eigenvalue weighted by molar-refractivity contribution is 9.10. The maximum atomic E-state index is 13.1. The Balaban J connectivity index is 2.12. The minimum absolute atomic E-state index is 0.0838. The average molecular weight is 366 g/mol. The van der Waals surface area contributed by atoms with Crippen LogP contribution in [0.25, 0.3) is 0 Å². The van der Waals surface area contributed by atoms with Crippen LogP contribution in [0.5, 0.6) is 0 Å². The Morgan fingerprint density at radius 3 is 2.55 bits per heavy atom. The minimum Gasteiger partial charge on any atom is -0.480 e. The van der Waals surface area contributed by atoms with Crippen LogP contribution in [0.3, 0.4) is 0 Å². The summed E-state index contributed by atoms with van der Waals surface area (Å²) in [6.45, 7) is 0. The van der Waals surface area contributed by atoms with Crippen molar-refractivity contribution in [2.45, 2.75) is 12.5 Å². The zero-order valence-corrected chi connectivity index (χ0v) is 13.0. The number of nitrogens with one attached hydrogen (secondary N) is 1. The summed E-state index contributed by atoms with van der Waals surface area (Å²) in [7, 11) is 0. The van der Waals surface area contributed by atoms with Gasteiger partial charge in [0.25, 0.3) is 5.91 Å². The zero-order chi connectivity index (χ0) is 16.1. The van der Waals surface area contributed by atoms with Gasteiger partial charge in [-0.25, -0.2) is 9.18 Å². The first-order chi connectivity index (χ1) is 10.5. The maximum absolute atomic E-state index is 13.1. The standard InChI is InChI=1S/C16H13BrFNO3/c17-12-5-1-3-10(7-12)8-14(16(21)22)19-15(20)11-4-2-6-13(18)9-11/h1-7,9,14H,8H2,(H,19,20)(H,21,22)/t14-/m1/s1. The Hall–Kier alpha value is -2.21. The molecule has 0 unspecified atom stereocenters. The SMILES string of the molecule is O=C(N[C@H](Cc1cccc(Br)c1)C(=O)O)c1cccc(F)c1. The lowest BCUT2D eigenvalue weighted by Crippen LogP contribution is -2.42. The topological polar surface area (TPSA) is 66.4 Å². The van der Waals surface area contributed by atoms with E-state index in [-0.39, 0.29) is 12.0 Å². The van der Waals surface area contributed by atoms with Crippen LogP contribution in [0.15, 0.2) is 53.0 Å². The molecule has 2 N–H and O–H groups in total. The summed E-state index contributed by atoms with van der Waals surface area (Å²) in [5, 5.41) is 11.7. The van der Waals surface area contributed by atoms with E-state index in [2.05, 4.69) is 21.2 Å². The summed E-state index contributed by atoms with van der Waals surface area (Å²) in [5.74, 6) is -2.32. The second-order valence-electron chi connectivity index (χ2n) is 4.71. The minimum atomic E-state index is -1.15. The van der Waals surface area contributed by atoms with Gasteiger partial charge >= 0.3 is 5.97 Å². The number of rotatable bonds is 5. The number of carboxylic acids is 1. The molecule has 114 valence electrons. The molecule has 0 aromatic heterocycles. The first-order valence-electron chi connectivity index (χ1n) is 6.49. The van der Waals surface area contributed by atoms with Gasteiger partial charge in [-0.2, -0.15) is 0 Å². The van der Waals surface area contributed by atoms with E-state index in [0.29, 0.717) is 0 Å². The van der Waals surface area contributed by atoms with E-state index in [4.69, 9.17) is 0 Å². The van der Waals surface area contributed by atoms with E-state index < -0.39 is 23.7 Å². The van der Waals surface area contributed by atoms with Gasteiger partial charge in [0.05, 0.1) is 0 Å². The van der Waals surface area contributed by atoms with Crippen molar-refractivity contribution in [3.05, 3.63) is 69.9 Å². The molecule has 2 rings (SSSR count). The van der Waals surface area contributed by atoms with Crippen molar-refractivity contribution in [1.29, 1.82) is 0 Å². The lowest BCUT2D eigenvalue weighted by molar-refractivity contribution is -0.139. The highest BCUT2D eigenvalue weighted by Crippen LogP contribution is 2.13.